The number of halogens is 1. The predicted octanol–water partition coefficient (Wildman–Crippen LogP) is 3.87. The number of piperidine rings is 2. The van der Waals surface area contributed by atoms with Gasteiger partial charge in [-0.15, -0.1) is 0 Å². The van der Waals surface area contributed by atoms with Crippen LogP contribution in [0.25, 0.3) is 0 Å². The summed E-state index contributed by atoms with van der Waals surface area (Å²) in [5.74, 6) is 0.235. The molecule has 0 radical (unpaired) electrons. The molecule has 1 aromatic carbocycles. The molecule has 0 saturated carbocycles. The molecule has 2 aliphatic heterocycles. The molecule has 6 heteroatoms. The average molecular weight is 438 g/mol. The smallest absolute Gasteiger partial charge is 0.228 e. The Bertz CT molecular complexity index is 941. The van der Waals surface area contributed by atoms with Gasteiger partial charge >= 0.3 is 0 Å². The molecule has 2 fully saturated rings. The van der Waals surface area contributed by atoms with Crippen LogP contribution in [0.4, 0.5) is 4.39 Å². The van der Waals surface area contributed by atoms with Crippen LogP contribution in [-0.4, -0.2) is 52.8 Å². The lowest BCUT2D eigenvalue weighted by atomic mass is 9.78. The van der Waals surface area contributed by atoms with Crippen LogP contribution in [0.1, 0.15) is 43.9 Å². The summed E-state index contributed by atoms with van der Waals surface area (Å²) in [7, 11) is 0. The molecule has 0 aliphatic carbocycles. The maximum atomic E-state index is 13.9. The lowest BCUT2D eigenvalue weighted by Crippen LogP contribution is -2.52. The summed E-state index contributed by atoms with van der Waals surface area (Å²) in [6, 6.07) is 12.4. The van der Waals surface area contributed by atoms with Crippen molar-refractivity contribution in [1.82, 2.24) is 14.8 Å². The molecule has 5 nitrogen and oxygen atoms in total. The van der Waals surface area contributed by atoms with E-state index in [1.165, 1.54) is 6.07 Å². The number of pyridine rings is 1. The number of hydrogen-bond donors (Lipinski definition) is 0. The first-order chi connectivity index (χ1) is 15.4. The van der Waals surface area contributed by atoms with Crippen molar-refractivity contribution in [2.24, 2.45) is 11.3 Å². The van der Waals surface area contributed by atoms with Crippen LogP contribution in [0, 0.1) is 17.2 Å². The van der Waals surface area contributed by atoms with Crippen molar-refractivity contribution in [1.29, 1.82) is 0 Å². The van der Waals surface area contributed by atoms with Crippen LogP contribution in [0.3, 0.4) is 0 Å². The van der Waals surface area contributed by atoms with Gasteiger partial charge in [-0.25, -0.2) is 4.39 Å². The molecule has 0 unspecified atom stereocenters. The van der Waals surface area contributed by atoms with Gasteiger partial charge in [0, 0.05) is 43.5 Å². The van der Waals surface area contributed by atoms with Crippen molar-refractivity contribution < 1.29 is 14.0 Å². The van der Waals surface area contributed by atoms with Crippen LogP contribution in [-0.2, 0) is 22.4 Å². The Morgan fingerprint density at radius 2 is 1.81 bits per heavy atom. The van der Waals surface area contributed by atoms with E-state index in [1.54, 1.807) is 23.1 Å². The minimum atomic E-state index is -0.443. The van der Waals surface area contributed by atoms with Crippen molar-refractivity contribution in [2.45, 2.75) is 45.4 Å². The first-order valence-electron chi connectivity index (χ1n) is 11.6. The Balaban J connectivity index is 1.31. The number of carbonyl (C=O) groups excluding carboxylic acids is 2. The van der Waals surface area contributed by atoms with Gasteiger partial charge in [0.05, 0.1) is 6.42 Å². The standard InChI is InChI=1S/C26H32FN3O2/c1-26(11-15-29(16-12-26)24(31)18-21-8-2-3-10-23(21)27)25(32)30-14-6-7-20(19-30)17-22-9-4-5-13-28-22/h2-5,8-10,13,20H,6-7,11-12,14-19H2,1H3/t20-/m1/s1. The Morgan fingerprint density at radius 3 is 2.53 bits per heavy atom. The van der Waals surface area contributed by atoms with Crippen molar-refractivity contribution in [3.05, 3.63) is 65.7 Å². The van der Waals surface area contributed by atoms with Crippen molar-refractivity contribution in [3.8, 4) is 0 Å². The second-order valence-corrected chi connectivity index (χ2v) is 9.49. The van der Waals surface area contributed by atoms with E-state index in [-0.39, 0.29) is 24.1 Å². The molecule has 1 aromatic heterocycles. The van der Waals surface area contributed by atoms with Crippen molar-refractivity contribution >= 4 is 11.8 Å². The third kappa shape index (κ3) is 5.17. The van der Waals surface area contributed by atoms with Crippen LogP contribution < -0.4 is 0 Å². The summed E-state index contributed by atoms with van der Waals surface area (Å²) in [5.41, 5.74) is 1.07. The third-order valence-corrected chi connectivity index (χ3v) is 7.07. The Hall–Kier alpha value is -2.76. The first kappa shape index (κ1) is 22.4. The maximum absolute atomic E-state index is 13.9. The summed E-state index contributed by atoms with van der Waals surface area (Å²) in [6.07, 6.45) is 6.23. The fourth-order valence-corrected chi connectivity index (χ4v) is 4.99. The number of aromatic nitrogens is 1. The molecule has 0 spiro atoms. The molecule has 2 aromatic rings. The summed E-state index contributed by atoms with van der Waals surface area (Å²) in [5, 5.41) is 0. The van der Waals surface area contributed by atoms with Gasteiger partial charge in [0.1, 0.15) is 5.82 Å². The zero-order chi connectivity index (χ0) is 22.6. The molecule has 4 rings (SSSR count). The fraction of sp³-hybridized carbons (Fsp3) is 0.500. The average Bonchev–Trinajstić information content (AvgIpc) is 2.81. The Kier molecular flexibility index (Phi) is 6.87. The molecule has 1 atom stereocenters. The quantitative estimate of drug-likeness (QED) is 0.714. The molecule has 2 saturated heterocycles. The van der Waals surface area contributed by atoms with E-state index >= 15 is 0 Å². The van der Waals surface area contributed by atoms with Gasteiger partial charge in [-0.3, -0.25) is 14.6 Å². The molecule has 0 N–H and O–H groups in total. The van der Waals surface area contributed by atoms with E-state index < -0.39 is 5.41 Å². The van der Waals surface area contributed by atoms with Crippen LogP contribution in [0.15, 0.2) is 48.7 Å². The molecular weight excluding hydrogens is 405 g/mol. The summed E-state index contributed by atoms with van der Waals surface area (Å²) in [6.45, 7) is 4.71. The Morgan fingerprint density at radius 1 is 1.06 bits per heavy atom. The van der Waals surface area contributed by atoms with Gasteiger partial charge in [0.25, 0.3) is 0 Å². The number of nitrogens with zero attached hydrogens (tertiary/aromatic N) is 3. The highest BCUT2D eigenvalue weighted by atomic mass is 19.1. The highest BCUT2D eigenvalue weighted by Crippen LogP contribution is 2.35. The topological polar surface area (TPSA) is 53.5 Å². The third-order valence-electron chi connectivity index (χ3n) is 7.07. The SMILES string of the molecule is CC1(C(=O)N2CCC[C@H](Cc3ccccn3)C2)CCN(C(=O)Cc2ccccc2F)CC1. The van der Waals surface area contributed by atoms with Gasteiger partial charge in [-0.05, 0) is 61.8 Å². The zero-order valence-electron chi connectivity index (χ0n) is 18.8. The van der Waals surface area contributed by atoms with E-state index in [4.69, 9.17) is 0 Å². The number of rotatable bonds is 5. The molecule has 3 heterocycles. The van der Waals surface area contributed by atoms with Crippen molar-refractivity contribution in [2.75, 3.05) is 26.2 Å². The minimum absolute atomic E-state index is 0.0681. The number of carbonyl (C=O) groups is 2. The van der Waals surface area contributed by atoms with E-state index in [1.807, 2.05) is 30.2 Å². The highest BCUT2D eigenvalue weighted by Gasteiger charge is 2.41. The second kappa shape index (κ2) is 9.80. The lowest BCUT2D eigenvalue weighted by molar-refractivity contribution is -0.148. The number of amides is 2. The molecule has 0 bridgehead atoms. The second-order valence-electron chi connectivity index (χ2n) is 9.49. The van der Waals surface area contributed by atoms with Gasteiger partial charge in [0.2, 0.25) is 11.8 Å². The van der Waals surface area contributed by atoms with Gasteiger partial charge < -0.3 is 9.80 Å². The van der Waals surface area contributed by atoms with Gasteiger partial charge in [0.15, 0.2) is 0 Å². The van der Waals surface area contributed by atoms with E-state index in [2.05, 4.69) is 11.1 Å². The summed E-state index contributed by atoms with van der Waals surface area (Å²) < 4.78 is 13.9. The lowest BCUT2D eigenvalue weighted by Gasteiger charge is -2.43. The Labute approximate surface area is 189 Å². The molecular formula is C26H32FN3O2. The van der Waals surface area contributed by atoms with Crippen LogP contribution >= 0.6 is 0 Å². The van der Waals surface area contributed by atoms with E-state index in [0.29, 0.717) is 37.4 Å². The number of benzene rings is 1. The molecule has 2 amide bonds. The predicted molar refractivity (Wildman–Crippen MR) is 121 cm³/mol. The molecule has 170 valence electrons. The van der Waals surface area contributed by atoms with E-state index in [9.17, 15) is 14.0 Å². The number of likely N-dealkylation sites (tertiary alicyclic amines) is 2. The minimum Gasteiger partial charge on any atom is -0.342 e. The molecule has 2 aliphatic rings. The summed E-state index contributed by atoms with van der Waals surface area (Å²) >= 11 is 0. The zero-order valence-corrected chi connectivity index (χ0v) is 18.8. The fourth-order valence-electron chi connectivity index (χ4n) is 4.99. The molecule has 32 heavy (non-hydrogen) atoms. The van der Waals surface area contributed by atoms with Crippen LogP contribution in [0.5, 0.6) is 0 Å². The van der Waals surface area contributed by atoms with E-state index in [0.717, 1.165) is 38.0 Å². The van der Waals surface area contributed by atoms with Crippen LogP contribution in [0.2, 0.25) is 0 Å². The monoisotopic (exact) mass is 437 g/mol. The largest absolute Gasteiger partial charge is 0.342 e. The normalized spacial score (nSPS) is 20.8. The first-order valence-corrected chi connectivity index (χ1v) is 11.6. The maximum Gasteiger partial charge on any atom is 0.228 e. The van der Waals surface area contributed by atoms with Crippen molar-refractivity contribution in [3.63, 3.8) is 0 Å². The summed E-state index contributed by atoms with van der Waals surface area (Å²) in [4.78, 5) is 34.4. The highest BCUT2D eigenvalue weighted by molar-refractivity contribution is 5.83. The number of hydrogen-bond acceptors (Lipinski definition) is 3. The van der Waals surface area contributed by atoms with Gasteiger partial charge in [-0.1, -0.05) is 31.2 Å². The van der Waals surface area contributed by atoms with Gasteiger partial charge in [-0.2, -0.15) is 0 Å².